The third kappa shape index (κ3) is 2.47. The first kappa shape index (κ1) is 12.9. The minimum atomic E-state index is 0.0343. The van der Waals surface area contributed by atoms with E-state index in [9.17, 15) is 4.79 Å². The van der Waals surface area contributed by atoms with Gasteiger partial charge in [0.05, 0.1) is 0 Å². The second kappa shape index (κ2) is 5.37. The molecule has 1 fully saturated rings. The molecule has 1 unspecified atom stereocenters. The van der Waals surface area contributed by atoms with Crippen LogP contribution in [0.2, 0.25) is 0 Å². The van der Waals surface area contributed by atoms with E-state index in [-0.39, 0.29) is 18.4 Å². The fraction of sp³-hybridized carbons (Fsp3) is 0.462. The number of hydrazine groups is 1. The van der Waals surface area contributed by atoms with Gasteiger partial charge in [0.25, 0.3) is 5.91 Å². The molecule has 0 aromatic heterocycles. The van der Waals surface area contributed by atoms with Gasteiger partial charge >= 0.3 is 0 Å². The number of nitrogens with zero attached hydrogens (tertiary/aromatic N) is 1. The maximum absolute atomic E-state index is 12.3. The molecule has 0 radical (unpaired) electrons. The average Bonchev–Trinajstić information content (AvgIpc) is 2.86. The van der Waals surface area contributed by atoms with Gasteiger partial charge in [-0.2, -0.15) is 0 Å². The summed E-state index contributed by atoms with van der Waals surface area (Å²) in [5.74, 6) is 5.59. The zero-order valence-corrected chi connectivity index (χ0v) is 10.5. The molecular formula is C13H19N3O2. The van der Waals surface area contributed by atoms with Crippen LogP contribution < -0.4 is 11.3 Å². The van der Waals surface area contributed by atoms with Crippen molar-refractivity contribution >= 4 is 11.6 Å². The highest BCUT2D eigenvalue weighted by Gasteiger charge is 2.27. The number of likely N-dealkylation sites (tertiary alicyclic amines) is 1. The molecule has 4 N–H and O–H groups in total. The topological polar surface area (TPSA) is 78.6 Å². The molecule has 1 aliphatic heterocycles. The Morgan fingerprint density at radius 2 is 2.39 bits per heavy atom. The number of anilines is 1. The van der Waals surface area contributed by atoms with Crippen LogP contribution in [0.1, 0.15) is 22.3 Å². The average molecular weight is 249 g/mol. The highest BCUT2D eigenvalue weighted by atomic mass is 16.3. The molecule has 1 heterocycles. The van der Waals surface area contributed by atoms with Gasteiger partial charge in [0.15, 0.2) is 0 Å². The maximum atomic E-state index is 12.3. The van der Waals surface area contributed by atoms with E-state index in [1.165, 1.54) is 0 Å². The number of carbonyl (C=O) groups is 1. The Kier molecular flexibility index (Phi) is 3.84. The highest BCUT2D eigenvalue weighted by Crippen LogP contribution is 2.21. The summed E-state index contributed by atoms with van der Waals surface area (Å²) in [4.78, 5) is 14.1. The van der Waals surface area contributed by atoms with E-state index in [4.69, 9.17) is 10.9 Å². The minimum absolute atomic E-state index is 0.0343. The lowest BCUT2D eigenvalue weighted by atomic mass is 10.1. The molecule has 0 aliphatic carbocycles. The van der Waals surface area contributed by atoms with Crippen LogP contribution in [0.25, 0.3) is 0 Å². The van der Waals surface area contributed by atoms with Crippen molar-refractivity contribution in [3.8, 4) is 0 Å². The number of aryl methyl sites for hydroxylation is 1. The van der Waals surface area contributed by atoms with Crippen molar-refractivity contribution in [2.24, 2.45) is 11.8 Å². The number of hydrogen-bond donors (Lipinski definition) is 3. The summed E-state index contributed by atoms with van der Waals surface area (Å²) >= 11 is 0. The van der Waals surface area contributed by atoms with Crippen LogP contribution in [0.5, 0.6) is 0 Å². The van der Waals surface area contributed by atoms with Gasteiger partial charge in [-0.25, -0.2) is 0 Å². The summed E-state index contributed by atoms with van der Waals surface area (Å²) in [6.45, 7) is 3.42. The van der Waals surface area contributed by atoms with Gasteiger partial charge in [0.1, 0.15) is 0 Å². The summed E-state index contributed by atoms with van der Waals surface area (Å²) < 4.78 is 0. The van der Waals surface area contributed by atoms with Crippen molar-refractivity contribution in [1.82, 2.24) is 4.90 Å². The molecule has 98 valence electrons. The van der Waals surface area contributed by atoms with E-state index < -0.39 is 0 Å². The molecule has 2 rings (SSSR count). The first-order valence-electron chi connectivity index (χ1n) is 6.13. The van der Waals surface area contributed by atoms with E-state index >= 15 is 0 Å². The molecule has 18 heavy (non-hydrogen) atoms. The first-order chi connectivity index (χ1) is 8.65. The van der Waals surface area contributed by atoms with Gasteiger partial charge in [-0.05, 0) is 37.1 Å². The molecule has 1 aliphatic rings. The molecule has 1 atom stereocenters. The van der Waals surface area contributed by atoms with Crippen LogP contribution in [0.3, 0.4) is 0 Å². The fourth-order valence-corrected chi connectivity index (χ4v) is 2.33. The maximum Gasteiger partial charge on any atom is 0.254 e. The number of hydrogen-bond acceptors (Lipinski definition) is 4. The molecule has 5 heteroatoms. The van der Waals surface area contributed by atoms with Crippen LogP contribution in [0.4, 0.5) is 5.69 Å². The van der Waals surface area contributed by atoms with Crippen molar-refractivity contribution < 1.29 is 9.90 Å². The van der Waals surface area contributed by atoms with Crippen molar-refractivity contribution in [2.45, 2.75) is 13.3 Å². The van der Waals surface area contributed by atoms with Gasteiger partial charge in [-0.1, -0.05) is 0 Å². The largest absolute Gasteiger partial charge is 0.396 e. The zero-order chi connectivity index (χ0) is 13.1. The van der Waals surface area contributed by atoms with Crippen LogP contribution in [0.15, 0.2) is 18.2 Å². The van der Waals surface area contributed by atoms with Crippen LogP contribution in [-0.2, 0) is 0 Å². The number of benzene rings is 1. The highest BCUT2D eigenvalue weighted by molar-refractivity contribution is 5.96. The number of nitrogens with one attached hydrogen (secondary N) is 1. The molecule has 0 spiro atoms. The molecule has 1 saturated heterocycles. The number of rotatable bonds is 3. The Bertz CT molecular complexity index is 448. The molecule has 1 aromatic rings. The molecule has 1 amide bonds. The quantitative estimate of drug-likeness (QED) is 0.545. The van der Waals surface area contributed by atoms with E-state index in [2.05, 4.69) is 5.43 Å². The smallest absolute Gasteiger partial charge is 0.254 e. The third-order valence-corrected chi connectivity index (χ3v) is 3.45. The lowest BCUT2D eigenvalue weighted by Crippen LogP contribution is -2.29. The number of amides is 1. The number of nitrogen functional groups attached to an aromatic ring is 1. The fourth-order valence-electron chi connectivity index (χ4n) is 2.33. The van der Waals surface area contributed by atoms with Crippen molar-refractivity contribution in [2.75, 3.05) is 25.1 Å². The summed E-state index contributed by atoms with van der Waals surface area (Å²) in [7, 11) is 0. The van der Waals surface area contributed by atoms with E-state index in [1.807, 2.05) is 13.0 Å². The predicted octanol–water partition coefficient (Wildman–Crippen LogP) is 0.735. The Hall–Kier alpha value is -1.59. The van der Waals surface area contributed by atoms with Gasteiger partial charge in [0.2, 0.25) is 0 Å². The summed E-state index contributed by atoms with van der Waals surface area (Å²) in [5.41, 5.74) is 4.96. The molecule has 5 nitrogen and oxygen atoms in total. The third-order valence-electron chi connectivity index (χ3n) is 3.45. The normalized spacial score (nSPS) is 19.1. The van der Waals surface area contributed by atoms with Crippen LogP contribution >= 0.6 is 0 Å². The summed E-state index contributed by atoms with van der Waals surface area (Å²) in [6.07, 6.45) is 0.879. The summed E-state index contributed by atoms with van der Waals surface area (Å²) in [6, 6.07) is 5.44. The Balaban J connectivity index is 2.14. The molecule has 0 bridgehead atoms. The first-order valence-corrected chi connectivity index (χ1v) is 6.13. The van der Waals surface area contributed by atoms with Gasteiger partial charge < -0.3 is 15.4 Å². The monoisotopic (exact) mass is 249 g/mol. The van der Waals surface area contributed by atoms with E-state index in [0.29, 0.717) is 12.1 Å². The lowest BCUT2D eigenvalue weighted by Gasteiger charge is -2.18. The Morgan fingerprint density at radius 3 is 2.94 bits per heavy atom. The standard InChI is InChI=1S/C13H19N3O2/c1-9-6-11(15-14)2-3-12(9)13(18)16-5-4-10(7-16)8-17/h2-3,6,10,15,17H,4-5,7-8,14H2,1H3. The second-order valence-corrected chi connectivity index (χ2v) is 4.76. The van der Waals surface area contributed by atoms with Crippen LogP contribution in [0, 0.1) is 12.8 Å². The Labute approximate surface area is 107 Å². The summed E-state index contributed by atoms with van der Waals surface area (Å²) in [5, 5.41) is 9.10. The number of aliphatic hydroxyl groups excluding tert-OH is 1. The lowest BCUT2D eigenvalue weighted by molar-refractivity contribution is 0.0781. The predicted molar refractivity (Wildman–Crippen MR) is 70.1 cm³/mol. The van der Waals surface area contributed by atoms with Crippen molar-refractivity contribution in [3.05, 3.63) is 29.3 Å². The minimum Gasteiger partial charge on any atom is -0.396 e. The van der Waals surface area contributed by atoms with Crippen LogP contribution in [-0.4, -0.2) is 35.6 Å². The molecule has 1 aromatic carbocycles. The Morgan fingerprint density at radius 1 is 1.61 bits per heavy atom. The van der Waals surface area contributed by atoms with Gasteiger partial charge in [-0.3, -0.25) is 10.6 Å². The van der Waals surface area contributed by atoms with Gasteiger partial charge in [-0.15, -0.1) is 0 Å². The second-order valence-electron chi connectivity index (χ2n) is 4.76. The van der Waals surface area contributed by atoms with E-state index in [0.717, 1.165) is 24.2 Å². The zero-order valence-electron chi connectivity index (χ0n) is 10.5. The van der Waals surface area contributed by atoms with Gasteiger partial charge in [0, 0.05) is 36.9 Å². The molecule has 0 saturated carbocycles. The van der Waals surface area contributed by atoms with Crippen molar-refractivity contribution in [3.63, 3.8) is 0 Å². The number of aliphatic hydroxyl groups is 1. The van der Waals surface area contributed by atoms with E-state index in [1.54, 1.807) is 17.0 Å². The number of nitrogens with two attached hydrogens (primary N) is 1. The SMILES string of the molecule is Cc1cc(NN)ccc1C(=O)N1CCC(CO)C1. The van der Waals surface area contributed by atoms with Crippen molar-refractivity contribution in [1.29, 1.82) is 0 Å². The molecular weight excluding hydrogens is 230 g/mol. The number of carbonyl (C=O) groups excluding carboxylic acids is 1.